The van der Waals surface area contributed by atoms with Crippen LogP contribution in [0.5, 0.6) is 5.75 Å². The Kier molecular flexibility index (Phi) is 3.60. The number of benzene rings is 1. The van der Waals surface area contributed by atoms with E-state index in [0.717, 1.165) is 27.9 Å². The van der Waals surface area contributed by atoms with Crippen LogP contribution in [0.15, 0.2) is 42.6 Å². The number of Topliss-reactive ketones (excluding diaryl/α,β-unsaturated/α-hetero) is 1. The molecule has 0 amide bonds. The van der Waals surface area contributed by atoms with E-state index in [0.29, 0.717) is 11.8 Å². The Bertz CT molecular complexity index is 923. The van der Waals surface area contributed by atoms with E-state index in [4.69, 9.17) is 4.74 Å². The molecule has 122 valence electrons. The first-order chi connectivity index (χ1) is 11.6. The van der Waals surface area contributed by atoms with E-state index < -0.39 is 0 Å². The molecule has 24 heavy (non-hydrogen) atoms. The third kappa shape index (κ3) is 2.68. The predicted molar refractivity (Wildman–Crippen MR) is 93.7 cm³/mol. The average molecular weight is 320 g/mol. The Morgan fingerprint density at radius 2 is 2.08 bits per heavy atom. The first-order valence-corrected chi connectivity index (χ1v) is 8.32. The molecule has 3 aromatic rings. The Hall–Kier alpha value is -2.62. The van der Waals surface area contributed by atoms with Gasteiger partial charge in [-0.3, -0.25) is 9.78 Å². The van der Waals surface area contributed by atoms with Gasteiger partial charge in [0.15, 0.2) is 6.61 Å². The molecule has 2 aromatic heterocycles. The summed E-state index contributed by atoms with van der Waals surface area (Å²) in [5, 5.41) is 1.01. The molecular formula is C20H20N2O2. The number of pyridine rings is 1. The molecule has 0 bridgehead atoms. The molecule has 0 radical (unpaired) electrons. The van der Waals surface area contributed by atoms with Gasteiger partial charge in [0.25, 0.3) is 0 Å². The van der Waals surface area contributed by atoms with Crippen molar-refractivity contribution in [3.05, 3.63) is 59.5 Å². The van der Waals surface area contributed by atoms with E-state index in [1.165, 1.54) is 12.8 Å². The van der Waals surface area contributed by atoms with Crippen molar-refractivity contribution in [3.63, 3.8) is 0 Å². The van der Waals surface area contributed by atoms with E-state index in [9.17, 15) is 4.79 Å². The molecule has 1 aliphatic rings. The fourth-order valence-electron chi connectivity index (χ4n) is 3.32. The molecule has 0 N–H and O–H groups in total. The molecule has 4 nitrogen and oxygen atoms in total. The maximum absolute atomic E-state index is 12.6. The molecule has 4 heteroatoms. The number of aryl methyl sites for hydroxylation is 1. The maximum atomic E-state index is 12.6. The number of nitrogens with zero attached hydrogens (tertiary/aromatic N) is 2. The zero-order valence-electron chi connectivity index (χ0n) is 14.0. The van der Waals surface area contributed by atoms with Crippen LogP contribution in [-0.2, 0) is 0 Å². The van der Waals surface area contributed by atoms with Gasteiger partial charge in [-0.1, -0.05) is 6.07 Å². The van der Waals surface area contributed by atoms with E-state index in [1.54, 1.807) is 6.20 Å². The second-order valence-corrected chi connectivity index (χ2v) is 6.46. The Labute approximate surface area is 141 Å². The minimum absolute atomic E-state index is 0.0290. The van der Waals surface area contributed by atoms with Crippen molar-refractivity contribution in [1.29, 1.82) is 0 Å². The van der Waals surface area contributed by atoms with Crippen LogP contribution in [0.4, 0.5) is 0 Å². The summed E-state index contributed by atoms with van der Waals surface area (Å²) in [5.74, 6) is 0.723. The summed E-state index contributed by atoms with van der Waals surface area (Å²) in [5.41, 5.74) is 3.92. The van der Waals surface area contributed by atoms with Crippen molar-refractivity contribution >= 4 is 16.7 Å². The highest BCUT2D eigenvalue weighted by Crippen LogP contribution is 2.38. The zero-order chi connectivity index (χ0) is 16.7. The highest BCUT2D eigenvalue weighted by Gasteiger charge is 2.28. The van der Waals surface area contributed by atoms with Gasteiger partial charge in [-0.2, -0.15) is 0 Å². The molecule has 0 atom stereocenters. The molecule has 2 heterocycles. The number of ether oxygens (including phenoxy) is 1. The average Bonchev–Trinajstić information content (AvgIpc) is 3.37. The number of aromatic nitrogens is 2. The third-order valence-corrected chi connectivity index (χ3v) is 4.64. The fourth-order valence-corrected chi connectivity index (χ4v) is 3.32. The minimum Gasteiger partial charge on any atom is -0.485 e. The van der Waals surface area contributed by atoms with Crippen LogP contribution in [0, 0.1) is 13.8 Å². The lowest BCUT2D eigenvalue weighted by molar-refractivity contribution is 0.0921. The lowest BCUT2D eigenvalue weighted by Gasteiger charge is -2.08. The second-order valence-electron chi connectivity index (χ2n) is 6.46. The number of hydrogen-bond acceptors (Lipinski definition) is 3. The lowest BCUT2D eigenvalue weighted by atomic mass is 10.1. The predicted octanol–water partition coefficient (Wildman–Crippen LogP) is 4.25. The van der Waals surface area contributed by atoms with E-state index >= 15 is 0 Å². The van der Waals surface area contributed by atoms with Crippen LogP contribution < -0.4 is 4.74 Å². The van der Waals surface area contributed by atoms with Crippen molar-refractivity contribution < 1.29 is 9.53 Å². The van der Waals surface area contributed by atoms with E-state index in [-0.39, 0.29) is 12.4 Å². The summed E-state index contributed by atoms with van der Waals surface area (Å²) in [7, 11) is 0. The molecule has 1 saturated carbocycles. The molecule has 0 spiro atoms. The summed E-state index contributed by atoms with van der Waals surface area (Å²) in [6, 6.07) is 12.1. The largest absolute Gasteiger partial charge is 0.485 e. The standard InChI is InChI=1S/C20H20N2O2/c1-13-10-18(14(2)22(13)16-5-6-16)20(23)12-24-17-7-8-19-15(11-17)4-3-9-21-19/h3-4,7-11,16H,5-6,12H2,1-2H3. The molecule has 1 aromatic carbocycles. The SMILES string of the molecule is Cc1cc(C(=O)COc2ccc3ncccc3c2)c(C)n1C1CC1. The van der Waals surface area contributed by atoms with Gasteiger partial charge in [0.05, 0.1) is 5.52 Å². The molecule has 1 fully saturated rings. The summed E-state index contributed by atoms with van der Waals surface area (Å²) < 4.78 is 8.01. The van der Waals surface area contributed by atoms with Gasteiger partial charge in [0.2, 0.25) is 5.78 Å². The minimum atomic E-state index is 0.0290. The van der Waals surface area contributed by atoms with Crippen LogP contribution in [0.3, 0.4) is 0 Å². The van der Waals surface area contributed by atoms with Gasteiger partial charge in [0, 0.05) is 34.6 Å². The smallest absolute Gasteiger partial charge is 0.202 e. The normalized spacial score (nSPS) is 14.1. The number of carbonyl (C=O) groups is 1. The molecule has 0 aliphatic heterocycles. The number of rotatable bonds is 5. The Balaban J connectivity index is 1.50. The van der Waals surface area contributed by atoms with Crippen LogP contribution in [0.1, 0.15) is 40.6 Å². The first kappa shape index (κ1) is 14.9. The summed E-state index contributed by atoms with van der Waals surface area (Å²) in [4.78, 5) is 16.8. The number of hydrogen-bond donors (Lipinski definition) is 0. The fraction of sp³-hybridized carbons (Fsp3) is 0.300. The van der Waals surface area contributed by atoms with Crippen molar-refractivity contribution in [2.75, 3.05) is 6.61 Å². The van der Waals surface area contributed by atoms with Crippen LogP contribution in [-0.4, -0.2) is 21.9 Å². The van der Waals surface area contributed by atoms with Gasteiger partial charge in [0.1, 0.15) is 5.75 Å². The molecule has 0 saturated heterocycles. The Morgan fingerprint density at radius 3 is 2.88 bits per heavy atom. The first-order valence-electron chi connectivity index (χ1n) is 8.32. The van der Waals surface area contributed by atoms with Gasteiger partial charge >= 0.3 is 0 Å². The van der Waals surface area contributed by atoms with Crippen LogP contribution in [0.25, 0.3) is 10.9 Å². The zero-order valence-corrected chi connectivity index (χ0v) is 14.0. The Morgan fingerprint density at radius 1 is 1.25 bits per heavy atom. The summed E-state index contributed by atoms with van der Waals surface area (Å²) in [6.07, 6.45) is 4.19. The lowest BCUT2D eigenvalue weighted by Crippen LogP contribution is -2.12. The molecule has 4 rings (SSSR count). The topological polar surface area (TPSA) is 44.1 Å². The molecule has 1 aliphatic carbocycles. The number of fused-ring (bicyclic) bond motifs is 1. The number of carbonyl (C=O) groups excluding carboxylic acids is 1. The second kappa shape index (κ2) is 5.78. The van der Waals surface area contributed by atoms with Gasteiger partial charge in [-0.05, 0) is 57.0 Å². The monoisotopic (exact) mass is 320 g/mol. The van der Waals surface area contributed by atoms with Crippen LogP contribution in [0.2, 0.25) is 0 Å². The highest BCUT2D eigenvalue weighted by atomic mass is 16.5. The van der Waals surface area contributed by atoms with Gasteiger partial charge in [-0.15, -0.1) is 0 Å². The third-order valence-electron chi connectivity index (χ3n) is 4.64. The summed E-state index contributed by atoms with van der Waals surface area (Å²) in [6.45, 7) is 4.15. The van der Waals surface area contributed by atoms with Crippen molar-refractivity contribution in [3.8, 4) is 5.75 Å². The van der Waals surface area contributed by atoms with Gasteiger partial charge in [-0.25, -0.2) is 0 Å². The molecule has 0 unspecified atom stereocenters. The van der Waals surface area contributed by atoms with Crippen molar-refractivity contribution in [1.82, 2.24) is 9.55 Å². The van der Waals surface area contributed by atoms with Gasteiger partial charge < -0.3 is 9.30 Å². The summed E-state index contributed by atoms with van der Waals surface area (Å²) >= 11 is 0. The van der Waals surface area contributed by atoms with Crippen LogP contribution >= 0.6 is 0 Å². The van der Waals surface area contributed by atoms with Crippen molar-refractivity contribution in [2.24, 2.45) is 0 Å². The van der Waals surface area contributed by atoms with Crippen molar-refractivity contribution in [2.45, 2.75) is 32.7 Å². The molecular weight excluding hydrogens is 300 g/mol. The van der Waals surface area contributed by atoms with E-state index in [2.05, 4.69) is 16.5 Å². The number of ketones is 1. The quantitative estimate of drug-likeness (QED) is 0.660. The van der Waals surface area contributed by atoms with E-state index in [1.807, 2.05) is 43.3 Å². The highest BCUT2D eigenvalue weighted by molar-refractivity contribution is 5.98. The maximum Gasteiger partial charge on any atom is 0.202 e.